The van der Waals surface area contributed by atoms with Gasteiger partial charge in [0.1, 0.15) is 11.3 Å². The number of halogens is 1. The second kappa shape index (κ2) is 6.72. The molecule has 4 aromatic rings. The molecule has 2 heterocycles. The number of amides is 1. The van der Waals surface area contributed by atoms with Crippen molar-refractivity contribution in [3.05, 3.63) is 83.8 Å². The minimum Gasteiger partial charge on any atom is -0.348 e. The zero-order valence-electron chi connectivity index (χ0n) is 13.6. The number of carbonyl (C=O) groups is 1. The zero-order valence-corrected chi connectivity index (χ0v) is 13.6. The Morgan fingerprint density at radius 3 is 2.73 bits per heavy atom. The number of nitrogens with one attached hydrogen (secondary N) is 1. The minimum atomic E-state index is -0.324. The van der Waals surface area contributed by atoms with Gasteiger partial charge in [0, 0.05) is 18.3 Å². The van der Waals surface area contributed by atoms with Crippen LogP contribution in [-0.2, 0) is 6.54 Å². The maximum absolute atomic E-state index is 13.2. The molecule has 0 radical (unpaired) electrons. The topological polar surface area (TPSA) is 72.7 Å². The van der Waals surface area contributed by atoms with Gasteiger partial charge in [0.15, 0.2) is 5.65 Å². The summed E-state index contributed by atoms with van der Waals surface area (Å²) in [7, 11) is 0. The Labute approximate surface area is 148 Å². The van der Waals surface area contributed by atoms with Gasteiger partial charge < -0.3 is 5.32 Å². The maximum atomic E-state index is 13.2. The summed E-state index contributed by atoms with van der Waals surface area (Å²) in [5.74, 6) is -0.558. The fourth-order valence-electron chi connectivity index (χ4n) is 2.62. The van der Waals surface area contributed by atoms with Crippen molar-refractivity contribution >= 4 is 17.1 Å². The summed E-state index contributed by atoms with van der Waals surface area (Å²) in [6.45, 7) is 0.260. The van der Waals surface area contributed by atoms with Crippen LogP contribution in [0.15, 0.2) is 66.9 Å². The number of fused-ring (bicyclic) bond motifs is 1. The highest BCUT2D eigenvalue weighted by Gasteiger charge is 2.09. The number of hydrogen-bond donors (Lipinski definition) is 1. The third-order valence-electron chi connectivity index (χ3n) is 3.92. The van der Waals surface area contributed by atoms with E-state index in [0.29, 0.717) is 22.3 Å². The van der Waals surface area contributed by atoms with Gasteiger partial charge in [0.2, 0.25) is 0 Å². The molecule has 26 heavy (non-hydrogen) atoms. The molecule has 2 aromatic carbocycles. The van der Waals surface area contributed by atoms with Crippen LogP contribution < -0.4 is 5.32 Å². The first-order chi connectivity index (χ1) is 12.7. The number of benzene rings is 2. The number of nitrogens with zero attached hydrogens (tertiary/aromatic N) is 4. The number of rotatable bonds is 4. The molecule has 0 saturated carbocycles. The number of pyridine rings is 1. The van der Waals surface area contributed by atoms with Crippen molar-refractivity contribution in [2.75, 3.05) is 0 Å². The summed E-state index contributed by atoms with van der Waals surface area (Å²) >= 11 is 0. The Balaban J connectivity index is 1.49. The lowest BCUT2D eigenvalue weighted by Gasteiger charge is -2.07. The summed E-state index contributed by atoms with van der Waals surface area (Å²) in [6, 6.07) is 16.7. The van der Waals surface area contributed by atoms with E-state index in [-0.39, 0.29) is 18.3 Å². The van der Waals surface area contributed by atoms with Crippen molar-refractivity contribution in [3.63, 3.8) is 0 Å². The third-order valence-corrected chi connectivity index (χ3v) is 3.92. The molecule has 0 aliphatic rings. The van der Waals surface area contributed by atoms with Gasteiger partial charge in [-0.3, -0.25) is 4.79 Å². The van der Waals surface area contributed by atoms with Gasteiger partial charge in [-0.2, -0.15) is 4.68 Å². The van der Waals surface area contributed by atoms with Crippen molar-refractivity contribution in [2.45, 2.75) is 6.54 Å². The average molecular weight is 347 g/mol. The monoisotopic (exact) mass is 347 g/mol. The van der Waals surface area contributed by atoms with Crippen molar-refractivity contribution in [1.82, 2.24) is 25.3 Å². The van der Waals surface area contributed by atoms with Crippen molar-refractivity contribution in [3.8, 4) is 5.69 Å². The van der Waals surface area contributed by atoms with Gasteiger partial charge in [0.25, 0.3) is 5.91 Å². The molecule has 0 atom stereocenters. The molecular weight excluding hydrogens is 333 g/mol. The van der Waals surface area contributed by atoms with E-state index in [9.17, 15) is 9.18 Å². The molecule has 4 rings (SSSR count). The van der Waals surface area contributed by atoms with Gasteiger partial charge in [0.05, 0.1) is 5.69 Å². The molecule has 0 aliphatic heterocycles. The Kier molecular flexibility index (Phi) is 4.10. The van der Waals surface area contributed by atoms with Crippen LogP contribution in [-0.4, -0.2) is 25.9 Å². The molecule has 0 spiro atoms. The van der Waals surface area contributed by atoms with E-state index in [1.165, 1.54) is 12.1 Å². The first-order valence-corrected chi connectivity index (χ1v) is 8.00. The molecule has 1 N–H and O–H groups in total. The van der Waals surface area contributed by atoms with E-state index in [0.717, 1.165) is 5.69 Å². The van der Waals surface area contributed by atoms with Crippen LogP contribution in [0.1, 0.15) is 15.9 Å². The summed E-state index contributed by atoms with van der Waals surface area (Å²) in [4.78, 5) is 16.5. The number of hydrogen-bond acceptors (Lipinski definition) is 4. The van der Waals surface area contributed by atoms with Crippen molar-refractivity contribution in [1.29, 1.82) is 0 Å². The summed E-state index contributed by atoms with van der Waals surface area (Å²) in [5.41, 5.74) is 3.31. The van der Waals surface area contributed by atoms with Crippen LogP contribution in [0.4, 0.5) is 4.39 Å². The SMILES string of the molecule is O=C(NCc1cccc(F)c1)c1ccc(-n2nnc3cccnc32)cc1. The summed E-state index contributed by atoms with van der Waals surface area (Å²) < 4.78 is 14.8. The predicted octanol–water partition coefficient (Wildman–Crippen LogP) is 2.88. The smallest absolute Gasteiger partial charge is 0.251 e. The molecular formula is C19H14FN5O. The van der Waals surface area contributed by atoms with E-state index in [1.807, 2.05) is 6.07 Å². The molecule has 0 unspecified atom stereocenters. The van der Waals surface area contributed by atoms with E-state index < -0.39 is 0 Å². The Hall–Kier alpha value is -3.61. The van der Waals surface area contributed by atoms with Crippen molar-refractivity contribution < 1.29 is 9.18 Å². The van der Waals surface area contributed by atoms with Gasteiger partial charge in [-0.05, 0) is 54.1 Å². The first kappa shape index (κ1) is 15.9. The summed E-state index contributed by atoms with van der Waals surface area (Å²) in [5, 5.41) is 10.9. The molecule has 0 saturated heterocycles. The molecule has 0 bridgehead atoms. The highest BCUT2D eigenvalue weighted by molar-refractivity contribution is 5.94. The molecule has 2 aromatic heterocycles. The molecule has 0 aliphatic carbocycles. The summed E-state index contributed by atoms with van der Waals surface area (Å²) in [6.07, 6.45) is 1.68. The Morgan fingerprint density at radius 2 is 1.92 bits per heavy atom. The zero-order chi connectivity index (χ0) is 17.9. The van der Waals surface area contributed by atoms with Crippen LogP contribution in [0.25, 0.3) is 16.9 Å². The van der Waals surface area contributed by atoms with E-state index in [1.54, 1.807) is 53.3 Å². The second-order valence-corrected chi connectivity index (χ2v) is 5.71. The normalized spacial score (nSPS) is 10.8. The lowest BCUT2D eigenvalue weighted by molar-refractivity contribution is 0.0951. The Bertz CT molecular complexity index is 1070. The second-order valence-electron chi connectivity index (χ2n) is 5.71. The van der Waals surface area contributed by atoms with Crippen LogP contribution in [0, 0.1) is 5.82 Å². The van der Waals surface area contributed by atoms with Crippen LogP contribution in [0.2, 0.25) is 0 Å². The molecule has 7 heteroatoms. The average Bonchev–Trinajstić information content (AvgIpc) is 3.10. The Morgan fingerprint density at radius 1 is 1.08 bits per heavy atom. The molecule has 0 fully saturated rings. The highest BCUT2D eigenvalue weighted by atomic mass is 19.1. The van der Waals surface area contributed by atoms with E-state index in [4.69, 9.17) is 0 Å². The minimum absolute atomic E-state index is 0.234. The van der Waals surface area contributed by atoms with Crippen LogP contribution in [0.3, 0.4) is 0 Å². The van der Waals surface area contributed by atoms with Crippen molar-refractivity contribution in [2.24, 2.45) is 0 Å². The quantitative estimate of drug-likeness (QED) is 0.616. The van der Waals surface area contributed by atoms with Gasteiger partial charge in [-0.1, -0.05) is 17.3 Å². The van der Waals surface area contributed by atoms with Gasteiger partial charge >= 0.3 is 0 Å². The standard InChI is InChI=1S/C19H14FN5O/c20-15-4-1-3-13(11-15)12-22-19(26)14-6-8-16(9-7-14)25-18-17(23-24-25)5-2-10-21-18/h1-11H,12H2,(H,22,26). The van der Waals surface area contributed by atoms with E-state index >= 15 is 0 Å². The van der Waals surface area contributed by atoms with Gasteiger partial charge in [-0.25, -0.2) is 9.37 Å². The lowest BCUT2D eigenvalue weighted by atomic mass is 10.1. The molecule has 1 amide bonds. The lowest BCUT2D eigenvalue weighted by Crippen LogP contribution is -2.22. The highest BCUT2D eigenvalue weighted by Crippen LogP contribution is 2.14. The predicted molar refractivity (Wildman–Crippen MR) is 94.2 cm³/mol. The first-order valence-electron chi connectivity index (χ1n) is 8.00. The van der Waals surface area contributed by atoms with Gasteiger partial charge in [-0.15, -0.1) is 5.10 Å². The fourth-order valence-corrected chi connectivity index (χ4v) is 2.62. The molecule has 6 nitrogen and oxygen atoms in total. The fraction of sp³-hybridized carbons (Fsp3) is 0.0526. The number of aromatic nitrogens is 4. The number of carbonyl (C=O) groups excluding carboxylic acids is 1. The van der Waals surface area contributed by atoms with E-state index in [2.05, 4.69) is 20.6 Å². The largest absolute Gasteiger partial charge is 0.348 e. The third kappa shape index (κ3) is 3.14. The molecule has 128 valence electrons. The maximum Gasteiger partial charge on any atom is 0.251 e. The van der Waals surface area contributed by atoms with Crippen LogP contribution >= 0.6 is 0 Å². The van der Waals surface area contributed by atoms with Crippen LogP contribution in [0.5, 0.6) is 0 Å².